The van der Waals surface area contributed by atoms with E-state index >= 15 is 0 Å². The van der Waals surface area contributed by atoms with Gasteiger partial charge in [-0.1, -0.05) is 95.0 Å². The van der Waals surface area contributed by atoms with Gasteiger partial charge in [-0.05, 0) is 37.7 Å². The van der Waals surface area contributed by atoms with Crippen molar-refractivity contribution >= 4 is 6.09 Å². The number of nitrogens with zero attached hydrogens (tertiary/aromatic N) is 1. The number of rotatable bonds is 12. The molecule has 4 nitrogen and oxygen atoms in total. The summed E-state index contributed by atoms with van der Waals surface area (Å²) in [6, 6.07) is 10.1. The van der Waals surface area contributed by atoms with Crippen LogP contribution in [0, 0.1) is 0 Å². The van der Waals surface area contributed by atoms with Crippen molar-refractivity contribution in [3.8, 4) is 0 Å². The first-order valence-corrected chi connectivity index (χ1v) is 12.3. The summed E-state index contributed by atoms with van der Waals surface area (Å²) < 4.78 is 5.58. The van der Waals surface area contributed by atoms with Crippen LogP contribution in [0.4, 0.5) is 4.79 Å². The maximum atomic E-state index is 12.7. The van der Waals surface area contributed by atoms with Crippen LogP contribution in [0.3, 0.4) is 0 Å². The maximum Gasteiger partial charge on any atom is 0.410 e. The Labute approximate surface area is 183 Å². The van der Waals surface area contributed by atoms with Crippen molar-refractivity contribution in [3.05, 3.63) is 35.9 Å². The smallest absolute Gasteiger partial charge is 0.410 e. The molecule has 2 bridgehead atoms. The van der Waals surface area contributed by atoms with Crippen molar-refractivity contribution in [1.29, 1.82) is 0 Å². The topological polar surface area (TPSA) is 49.8 Å². The SMILES string of the molecule is CCCCCCCCCCCC1(O)CC2CCC(C1)N2C(=O)OCc1ccccc1. The van der Waals surface area contributed by atoms with Gasteiger partial charge in [0.05, 0.1) is 5.60 Å². The zero-order valence-electron chi connectivity index (χ0n) is 18.9. The lowest BCUT2D eigenvalue weighted by Gasteiger charge is -2.43. The molecule has 0 saturated carbocycles. The summed E-state index contributed by atoms with van der Waals surface area (Å²) in [4.78, 5) is 14.6. The second-order valence-corrected chi connectivity index (χ2v) is 9.54. The summed E-state index contributed by atoms with van der Waals surface area (Å²) in [5.74, 6) is 0. The average Bonchev–Trinajstić information content (AvgIpc) is 3.04. The summed E-state index contributed by atoms with van der Waals surface area (Å²) in [5.41, 5.74) is 0.417. The minimum atomic E-state index is -0.594. The molecule has 30 heavy (non-hydrogen) atoms. The number of carbonyl (C=O) groups excluding carboxylic acids is 1. The molecule has 0 aromatic heterocycles. The molecule has 2 heterocycles. The average molecular weight is 416 g/mol. The number of carbonyl (C=O) groups is 1. The normalized spacial score (nSPS) is 25.5. The van der Waals surface area contributed by atoms with Crippen LogP contribution in [0.2, 0.25) is 0 Å². The highest BCUT2D eigenvalue weighted by atomic mass is 16.6. The van der Waals surface area contributed by atoms with Crippen molar-refractivity contribution in [2.24, 2.45) is 0 Å². The van der Waals surface area contributed by atoms with Crippen LogP contribution in [0.15, 0.2) is 30.3 Å². The van der Waals surface area contributed by atoms with E-state index in [1.165, 1.54) is 51.4 Å². The van der Waals surface area contributed by atoms with Crippen molar-refractivity contribution in [2.45, 2.75) is 121 Å². The third-order valence-electron chi connectivity index (χ3n) is 7.01. The van der Waals surface area contributed by atoms with Crippen LogP contribution < -0.4 is 0 Å². The number of aliphatic hydroxyl groups is 1. The molecule has 0 radical (unpaired) electrons. The van der Waals surface area contributed by atoms with Gasteiger partial charge in [-0.2, -0.15) is 0 Å². The van der Waals surface area contributed by atoms with E-state index in [0.29, 0.717) is 19.4 Å². The second-order valence-electron chi connectivity index (χ2n) is 9.54. The molecule has 3 rings (SSSR count). The van der Waals surface area contributed by atoms with E-state index in [1.54, 1.807) is 0 Å². The van der Waals surface area contributed by atoms with Gasteiger partial charge >= 0.3 is 6.09 Å². The Kier molecular flexibility index (Phi) is 9.05. The van der Waals surface area contributed by atoms with Gasteiger partial charge in [-0.15, -0.1) is 0 Å². The molecule has 2 atom stereocenters. The Morgan fingerprint density at radius 1 is 0.967 bits per heavy atom. The highest BCUT2D eigenvalue weighted by molar-refractivity contribution is 5.69. The number of hydrogen-bond donors (Lipinski definition) is 1. The van der Waals surface area contributed by atoms with E-state index in [1.807, 2.05) is 35.2 Å². The third kappa shape index (κ3) is 6.73. The van der Waals surface area contributed by atoms with E-state index in [2.05, 4.69) is 6.92 Å². The fraction of sp³-hybridized carbons (Fsp3) is 0.731. The molecular weight excluding hydrogens is 374 g/mol. The molecular formula is C26H41NO3. The molecule has 4 heteroatoms. The molecule has 2 aliphatic heterocycles. The first-order chi connectivity index (χ1) is 14.6. The summed E-state index contributed by atoms with van der Waals surface area (Å²) >= 11 is 0. The van der Waals surface area contributed by atoms with Crippen LogP contribution in [-0.4, -0.2) is 33.8 Å². The second kappa shape index (κ2) is 11.7. The highest BCUT2D eigenvalue weighted by Gasteiger charge is 2.49. The molecule has 1 aromatic carbocycles. The van der Waals surface area contributed by atoms with Gasteiger partial charge in [0.25, 0.3) is 0 Å². The predicted octanol–water partition coefficient (Wildman–Crippen LogP) is 6.60. The standard InChI is InChI=1S/C26H41NO3/c1-2-3-4-5-6-7-8-9-13-18-26(29)19-23-16-17-24(20-26)27(23)25(28)30-21-22-14-11-10-12-15-22/h10-12,14-15,23-24,29H,2-9,13,16-21H2,1H3. The van der Waals surface area contributed by atoms with Crippen molar-refractivity contribution < 1.29 is 14.6 Å². The molecule has 2 aliphatic rings. The van der Waals surface area contributed by atoms with E-state index in [4.69, 9.17) is 4.74 Å². The predicted molar refractivity (Wildman–Crippen MR) is 121 cm³/mol. The summed E-state index contributed by atoms with van der Waals surface area (Å²) in [7, 11) is 0. The molecule has 0 spiro atoms. The van der Waals surface area contributed by atoms with Crippen LogP contribution in [0.25, 0.3) is 0 Å². The van der Waals surface area contributed by atoms with Crippen LogP contribution in [-0.2, 0) is 11.3 Å². The number of hydrogen-bond acceptors (Lipinski definition) is 3. The number of benzene rings is 1. The number of ether oxygens (including phenoxy) is 1. The Hall–Kier alpha value is -1.55. The molecule has 168 valence electrons. The van der Waals surface area contributed by atoms with Gasteiger partial charge in [0.15, 0.2) is 0 Å². The van der Waals surface area contributed by atoms with E-state index in [0.717, 1.165) is 31.2 Å². The first-order valence-electron chi connectivity index (χ1n) is 12.3. The van der Waals surface area contributed by atoms with Crippen LogP contribution in [0.1, 0.15) is 102 Å². The number of fused-ring (bicyclic) bond motifs is 2. The lowest BCUT2D eigenvalue weighted by Crippen LogP contribution is -2.53. The minimum absolute atomic E-state index is 0.135. The number of unbranched alkanes of at least 4 members (excludes halogenated alkanes) is 8. The van der Waals surface area contributed by atoms with Crippen LogP contribution >= 0.6 is 0 Å². The molecule has 2 saturated heterocycles. The van der Waals surface area contributed by atoms with Gasteiger partial charge in [-0.25, -0.2) is 4.79 Å². The quantitative estimate of drug-likeness (QED) is 0.391. The van der Waals surface area contributed by atoms with Gasteiger partial charge in [0.1, 0.15) is 6.61 Å². The molecule has 2 unspecified atom stereocenters. The lowest BCUT2D eigenvalue weighted by atomic mass is 9.82. The largest absolute Gasteiger partial charge is 0.445 e. The Morgan fingerprint density at radius 2 is 1.53 bits per heavy atom. The zero-order chi connectivity index (χ0) is 21.2. The van der Waals surface area contributed by atoms with E-state index in [-0.39, 0.29) is 18.2 Å². The fourth-order valence-corrected chi connectivity index (χ4v) is 5.38. The maximum absolute atomic E-state index is 12.7. The molecule has 2 fully saturated rings. The Bertz CT molecular complexity index is 618. The van der Waals surface area contributed by atoms with Crippen LogP contribution in [0.5, 0.6) is 0 Å². The third-order valence-corrected chi connectivity index (χ3v) is 7.01. The number of amides is 1. The molecule has 0 aliphatic carbocycles. The summed E-state index contributed by atoms with van der Waals surface area (Å²) in [6.07, 6.45) is 15.8. The van der Waals surface area contributed by atoms with Crippen molar-refractivity contribution in [2.75, 3.05) is 0 Å². The minimum Gasteiger partial charge on any atom is -0.445 e. The lowest BCUT2D eigenvalue weighted by molar-refractivity contribution is -0.0554. The first kappa shape index (κ1) is 23.1. The van der Waals surface area contributed by atoms with E-state index < -0.39 is 5.60 Å². The van der Waals surface area contributed by atoms with Gasteiger partial charge < -0.3 is 14.7 Å². The monoisotopic (exact) mass is 415 g/mol. The zero-order valence-corrected chi connectivity index (χ0v) is 18.9. The molecule has 1 N–H and O–H groups in total. The van der Waals surface area contributed by atoms with Gasteiger partial charge in [0.2, 0.25) is 0 Å². The van der Waals surface area contributed by atoms with E-state index in [9.17, 15) is 9.90 Å². The highest BCUT2D eigenvalue weighted by Crippen LogP contribution is 2.43. The summed E-state index contributed by atoms with van der Waals surface area (Å²) in [5, 5.41) is 11.2. The van der Waals surface area contributed by atoms with Gasteiger partial charge in [-0.3, -0.25) is 0 Å². The number of piperidine rings is 1. The summed E-state index contributed by atoms with van der Waals surface area (Å²) in [6.45, 7) is 2.58. The fourth-order valence-electron chi connectivity index (χ4n) is 5.38. The van der Waals surface area contributed by atoms with Gasteiger partial charge in [0, 0.05) is 12.1 Å². The Balaban J connectivity index is 1.35. The van der Waals surface area contributed by atoms with Crippen molar-refractivity contribution in [3.63, 3.8) is 0 Å². The van der Waals surface area contributed by atoms with Crippen molar-refractivity contribution in [1.82, 2.24) is 4.90 Å². The molecule has 1 aromatic rings. The Morgan fingerprint density at radius 3 is 2.13 bits per heavy atom. The molecule has 1 amide bonds.